The highest BCUT2D eigenvalue weighted by atomic mass is 32.2. The van der Waals surface area contributed by atoms with E-state index in [1.807, 2.05) is 24.3 Å². The van der Waals surface area contributed by atoms with Gasteiger partial charge in [0.1, 0.15) is 11.2 Å². The summed E-state index contributed by atoms with van der Waals surface area (Å²) in [5, 5.41) is 2.32. The van der Waals surface area contributed by atoms with Crippen LogP contribution in [0.25, 0.3) is 34.1 Å². The van der Waals surface area contributed by atoms with Crippen LogP contribution in [0.5, 0.6) is 0 Å². The first kappa shape index (κ1) is 11.3. The molecule has 100 valence electrons. The zero-order valence-corrected chi connectivity index (χ0v) is 11.8. The molecule has 0 saturated heterocycles. The summed E-state index contributed by atoms with van der Waals surface area (Å²) >= 11 is 1.79. The summed E-state index contributed by atoms with van der Waals surface area (Å²) < 4.78 is 11.0. The third-order valence-corrected chi connectivity index (χ3v) is 5.06. The highest BCUT2D eigenvalue weighted by molar-refractivity contribution is 7.99. The van der Waals surface area contributed by atoms with Crippen molar-refractivity contribution < 1.29 is 8.83 Å². The fourth-order valence-corrected chi connectivity index (χ4v) is 3.98. The summed E-state index contributed by atoms with van der Waals surface area (Å²) in [6.45, 7) is 0. The first-order valence-corrected chi connectivity index (χ1v) is 7.58. The molecule has 3 heteroatoms. The molecule has 1 aliphatic heterocycles. The maximum Gasteiger partial charge on any atom is 0.134 e. The number of rotatable bonds is 0. The molecule has 0 spiro atoms. The molecule has 0 N–H and O–H groups in total. The van der Waals surface area contributed by atoms with Gasteiger partial charge in [-0.2, -0.15) is 0 Å². The zero-order valence-electron chi connectivity index (χ0n) is 11.0. The lowest BCUT2D eigenvalue weighted by Crippen LogP contribution is -1.80. The van der Waals surface area contributed by atoms with Crippen LogP contribution in [0.2, 0.25) is 0 Å². The van der Waals surface area contributed by atoms with Crippen molar-refractivity contribution in [3.8, 4) is 0 Å². The van der Waals surface area contributed by atoms with E-state index in [9.17, 15) is 0 Å². The molecule has 0 amide bonds. The van der Waals surface area contributed by atoms with Crippen LogP contribution in [0.4, 0.5) is 0 Å². The average Bonchev–Trinajstić information content (AvgIpc) is 3.12. The molecule has 0 aliphatic carbocycles. The van der Waals surface area contributed by atoms with Crippen molar-refractivity contribution >= 4 is 45.9 Å². The first-order valence-electron chi connectivity index (χ1n) is 6.76. The average molecular weight is 290 g/mol. The second-order valence-corrected chi connectivity index (χ2v) is 6.14. The lowest BCUT2D eigenvalue weighted by atomic mass is 10.1. The van der Waals surface area contributed by atoms with E-state index in [-0.39, 0.29) is 0 Å². The fraction of sp³-hybridized carbons (Fsp3) is 0. The number of fused-ring (bicyclic) bond motifs is 6. The summed E-state index contributed by atoms with van der Waals surface area (Å²) in [7, 11) is 0. The van der Waals surface area contributed by atoms with Gasteiger partial charge in [0.05, 0.1) is 12.5 Å². The maximum absolute atomic E-state index is 5.50. The van der Waals surface area contributed by atoms with Crippen molar-refractivity contribution in [3.63, 3.8) is 0 Å². The molecular weight excluding hydrogens is 280 g/mol. The Morgan fingerprint density at radius 1 is 0.619 bits per heavy atom. The van der Waals surface area contributed by atoms with Crippen LogP contribution in [0.15, 0.2) is 67.5 Å². The zero-order chi connectivity index (χ0) is 13.8. The molecular formula is C18H10O2S. The molecule has 2 aromatic carbocycles. The van der Waals surface area contributed by atoms with Crippen molar-refractivity contribution in [1.82, 2.24) is 0 Å². The Morgan fingerprint density at radius 3 is 1.67 bits per heavy atom. The van der Waals surface area contributed by atoms with E-state index in [2.05, 4.69) is 24.3 Å². The van der Waals surface area contributed by atoms with Gasteiger partial charge in [-0.15, -0.1) is 0 Å². The summed E-state index contributed by atoms with van der Waals surface area (Å²) in [6.07, 6.45) is 7.85. The van der Waals surface area contributed by atoms with E-state index >= 15 is 0 Å². The summed E-state index contributed by atoms with van der Waals surface area (Å²) in [5.74, 6) is 0. The summed E-state index contributed by atoms with van der Waals surface area (Å²) in [5.41, 5.74) is 4.30. The molecule has 0 radical (unpaired) electrons. The van der Waals surface area contributed by atoms with Crippen molar-refractivity contribution in [3.05, 3.63) is 60.1 Å². The van der Waals surface area contributed by atoms with Gasteiger partial charge in [0, 0.05) is 20.6 Å². The Bertz CT molecular complexity index is 938. The van der Waals surface area contributed by atoms with E-state index < -0.39 is 0 Å². The molecule has 0 saturated carbocycles. The minimum atomic E-state index is 0.929. The van der Waals surface area contributed by atoms with Crippen molar-refractivity contribution in [2.24, 2.45) is 0 Å². The van der Waals surface area contributed by atoms with Gasteiger partial charge in [-0.1, -0.05) is 23.9 Å². The van der Waals surface area contributed by atoms with E-state index in [1.54, 1.807) is 24.3 Å². The third-order valence-electron chi connectivity index (χ3n) is 3.91. The van der Waals surface area contributed by atoms with Crippen LogP contribution >= 0.6 is 11.8 Å². The lowest BCUT2D eigenvalue weighted by Gasteiger charge is -2.06. The molecule has 21 heavy (non-hydrogen) atoms. The Kier molecular flexibility index (Phi) is 2.18. The van der Waals surface area contributed by atoms with E-state index in [0.29, 0.717) is 0 Å². The minimum absolute atomic E-state index is 0.929. The molecule has 5 rings (SSSR count). The van der Waals surface area contributed by atoms with Gasteiger partial charge < -0.3 is 8.83 Å². The molecule has 2 aromatic heterocycles. The smallest absolute Gasteiger partial charge is 0.134 e. The molecule has 3 heterocycles. The molecule has 4 aromatic rings. The second kappa shape index (κ2) is 4.06. The van der Waals surface area contributed by atoms with Gasteiger partial charge in [0.25, 0.3) is 0 Å². The Morgan fingerprint density at radius 2 is 1.14 bits per heavy atom. The van der Waals surface area contributed by atoms with Gasteiger partial charge >= 0.3 is 0 Å². The third kappa shape index (κ3) is 1.55. The number of benzene rings is 2. The predicted octanol–water partition coefficient (Wildman–Crippen LogP) is 5.81. The van der Waals surface area contributed by atoms with Crippen LogP contribution in [0.1, 0.15) is 11.1 Å². The van der Waals surface area contributed by atoms with Crippen molar-refractivity contribution in [2.75, 3.05) is 0 Å². The van der Waals surface area contributed by atoms with E-state index in [4.69, 9.17) is 8.83 Å². The van der Waals surface area contributed by atoms with Gasteiger partial charge in [0.2, 0.25) is 0 Å². The largest absolute Gasteiger partial charge is 0.464 e. The van der Waals surface area contributed by atoms with Crippen LogP contribution in [0.3, 0.4) is 0 Å². The molecule has 0 bridgehead atoms. The summed E-state index contributed by atoms with van der Waals surface area (Å²) in [6, 6.07) is 12.4. The Labute approximate surface area is 125 Å². The first-order chi connectivity index (χ1) is 10.4. The van der Waals surface area contributed by atoms with Crippen molar-refractivity contribution in [2.45, 2.75) is 9.79 Å². The normalized spacial score (nSPS) is 13.3. The maximum atomic E-state index is 5.50. The molecule has 1 aliphatic rings. The van der Waals surface area contributed by atoms with Gasteiger partial charge in [-0.05, 0) is 47.5 Å². The lowest BCUT2D eigenvalue weighted by molar-refractivity contribution is 0.615. The predicted molar refractivity (Wildman–Crippen MR) is 85.5 cm³/mol. The SMILES string of the molecule is C1=Cc2c(ccc3occc23)Sc2ccc3occc3c21. The van der Waals surface area contributed by atoms with E-state index in [0.717, 1.165) is 21.9 Å². The van der Waals surface area contributed by atoms with Crippen LogP contribution in [0, 0.1) is 0 Å². The van der Waals surface area contributed by atoms with Crippen LogP contribution in [-0.2, 0) is 0 Å². The van der Waals surface area contributed by atoms with Crippen molar-refractivity contribution in [1.29, 1.82) is 0 Å². The monoisotopic (exact) mass is 290 g/mol. The Hall–Kier alpha value is -2.39. The molecule has 0 fully saturated rings. The molecule has 0 atom stereocenters. The van der Waals surface area contributed by atoms with Gasteiger partial charge in [0.15, 0.2) is 0 Å². The van der Waals surface area contributed by atoms with E-state index in [1.165, 1.54) is 20.9 Å². The van der Waals surface area contributed by atoms with Crippen LogP contribution in [-0.4, -0.2) is 0 Å². The topological polar surface area (TPSA) is 26.3 Å². The summed E-state index contributed by atoms with van der Waals surface area (Å²) in [4.78, 5) is 2.50. The minimum Gasteiger partial charge on any atom is -0.464 e. The number of furan rings is 2. The molecule has 2 nitrogen and oxygen atoms in total. The number of hydrogen-bond acceptors (Lipinski definition) is 3. The highest BCUT2D eigenvalue weighted by Crippen LogP contribution is 2.42. The fourth-order valence-electron chi connectivity index (χ4n) is 2.90. The standard InChI is InChI=1S/C18H10O2S/c1-2-14-12-8-10-20-16(12)4-6-18(14)21-17-5-3-15-11(13(1)17)7-9-19-15/h1-10H. The Balaban J connectivity index is 1.83. The quantitative estimate of drug-likeness (QED) is 0.360. The highest BCUT2D eigenvalue weighted by Gasteiger charge is 2.16. The van der Waals surface area contributed by atoms with Gasteiger partial charge in [-0.25, -0.2) is 0 Å². The number of hydrogen-bond donors (Lipinski definition) is 0. The second-order valence-electron chi connectivity index (χ2n) is 5.05. The molecule has 0 unspecified atom stereocenters. The van der Waals surface area contributed by atoms with Crippen LogP contribution < -0.4 is 0 Å². The van der Waals surface area contributed by atoms with Gasteiger partial charge in [-0.3, -0.25) is 0 Å².